The number of nitrogen functional groups attached to an aromatic ring is 1. The molecule has 19 heavy (non-hydrogen) atoms. The molecule has 0 aliphatic carbocycles. The largest absolute Gasteiger partial charge is 0.416 e. The van der Waals surface area contributed by atoms with Crippen molar-refractivity contribution < 1.29 is 13.2 Å². The summed E-state index contributed by atoms with van der Waals surface area (Å²) in [5.41, 5.74) is 5.16. The number of alkyl halides is 3. The van der Waals surface area contributed by atoms with Crippen LogP contribution in [0.4, 0.5) is 18.9 Å². The van der Waals surface area contributed by atoms with Gasteiger partial charge in [0.25, 0.3) is 0 Å². The first kappa shape index (κ1) is 13.6. The van der Waals surface area contributed by atoms with Gasteiger partial charge in [-0.25, -0.2) is 0 Å². The van der Waals surface area contributed by atoms with Crippen LogP contribution in [0.1, 0.15) is 11.1 Å². The zero-order valence-electron chi connectivity index (χ0n) is 10.6. The lowest BCUT2D eigenvalue weighted by Crippen LogP contribution is -2.32. The van der Waals surface area contributed by atoms with E-state index in [9.17, 15) is 13.2 Å². The van der Waals surface area contributed by atoms with Crippen LogP contribution in [0.15, 0.2) is 30.6 Å². The highest BCUT2D eigenvalue weighted by molar-refractivity contribution is 5.46. The third-order valence-electron chi connectivity index (χ3n) is 3.08. The van der Waals surface area contributed by atoms with Gasteiger partial charge in [0.1, 0.15) is 0 Å². The first-order valence-corrected chi connectivity index (χ1v) is 5.94. The van der Waals surface area contributed by atoms with Crippen LogP contribution in [0.25, 0.3) is 0 Å². The van der Waals surface area contributed by atoms with Gasteiger partial charge in [0, 0.05) is 44.8 Å². The lowest BCUT2D eigenvalue weighted by Gasteiger charge is -2.29. The average molecular weight is 271 g/mol. The standard InChI is InChI=1S/C13H16F3N3/c1-18-4-6-19(7-5-18)9-10-2-3-11(17)8-12(10)13(14,15)16/h2-4,6,8H,5,7,9,17H2,1H3. The van der Waals surface area contributed by atoms with Crippen molar-refractivity contribution in [3.8, 4) is 0 Å². The molecule has 0 spiro atoms. The minimum absolute atomic E-state index is 0.130. The number of anilines is 1. The van der Waals surface area contributed by atoms with Gasteiger partial charge < -0.3 is 15.5 Å². The third-order valence-corrected chi connectivity index (χ3v) is 3.08. The van der Waals surface area contributed by atoms with Gasteiger partial charge in [-0.15, -0.1) is 0 Å². The van der Waals surface area contributed by atoms with Crippen LogP contribution in [0.5, 0.6) is 0 Å². The van der Waals surface area contributed by atoms with Crippen molar-refractivity contribution in [1.82, 2.24) is 9.80 Å². The van der Waals surface area contributed by atoms with Gasteiger partial charge in [0.2, 0.25) is 0 Å². The van der Waals surface area contributed by atoms with Crippen LogP contribution in [-0.2, 0) is 12.7 Å². The molecule has 0 radical (unpaired) electrons. The number of rotatable bonds is 2. The lowest BCUT2D eigenvalue weighted by atomic mass is 10.1. The number of hydrogen-bond acceptors (Lipinski definition) is 3. The number of likely N-dealkylation sites (N-methyl/N-ethyl adjacent to an activating group) is 1. The van der Waals surface area contributed by atoms with E-state index in [2.05, 4.69) is 0 Å². The predicted molar refractivity (Wildman–Crippen MR) is 68.0 cm³/mol. The molecule has 0 aromatic heterocycles. The Morgan fingerprint density at radius 1 is 1.21 bits per heavy atom. The van der Waals surface area contributed by atoms with Crippen LogP contribution in [0.2, 0.25) is 0 Å². The first-order valence-electron chi connectivity index (χ1n) is 5.94. The third kappa shape index (κ3) is 3.33. The van der Waals surface area contributed by atoms with E-state index in [0.29, 0.717) is 6.54 Å². The molecule has 104 valence electrons. The Morgan fingerprint density at radius 2 is 1.95 bits per heavy atom. The maximum atomic E-state index is 12.9. The van der Waals surface area contributed by atoms with Crippen LogP contribution in [0.3, 0.4) is 0 Å². The van der Waals surface area contributed by atoms with Crippen molar-refractivity contribution in [2.45, 2.75) is 12.7 Å². The van der Waals surface area contributed by atoms with E-state index in [1.165, 1.54) is 12.1 Å². The Balaban J connectivity index is 2.23. The Hall–Kier alpha value is -1.85. The Morgan fingerprint density at radius 3 is 2.53 bits per heavy atom. The summed E-state index contributed by atoms with van der Waals surface area (Å²) < 4.78 is 38.8. The van der Waals surface area contributed by atoms with E-state index in [0.717, 1.165) is 12.6 Å². The Labute approximate surface area is 110 Å². The molecule has 1 aromatic rings. The van der Waals surface area contributed by atoms with E-state index in [1.54, 1.807) is 6.20 Å². The molecule has 2 rings (SSSR count). The molecule has 1 aliphatic heterocycles. The molecule has 1 aliphatic rings. The second kappa shape index (κ2) is 5.03. The summed E-state index contributed by atoms with van der Waals surface area (Å²) in [6.07, 6.45) is -0.713. The SMILES string of the molecule is CN1C=CN(Cc2ccc(N)cc2C(F)(F)F)CC1. The second-order valence-electron chi connectivity index (χ2n) is 4.66. The van der Waals surface area contributed by atoms with E-state index >= 15 is 0 Å². The van der Waals surface area contributed by atoms with Crippen molar-refractivity contribution in [2.24, 2.45) is 0 Å². The Bertz CT molecular complexity index is 483. The summed E-state index contributed by atoms with van der Waals surface area (Å²) in [6.45, 7) is 1.74. The number of nitrogens with zero attached hydrogens (tertiary/aromatic N) is 2. The van der Waals surface area contributed by atoms with Gasteiger partial charge in [-0.1, -0.05) is 6.07 Å². The van der Waals surface area contributed by atoms with Crippen molar-refractivity contribution in [2.75, 3.05) is 25.9 Å². The molecule has 2 N–H and O–H groups in total. The van der Waals surface area contributed by atoms with Crippen molar-refractivity contribution in [3.05, 3.63) is 41.7 Å². The summed E-state index contributed by atoms with van der Waals surface area (Å²) >= 11 is 0. The summed E-state index contributed by atoms with van der Waals surface area (Å²) in [5.74, 6) is 0. The van der Waals surface area contributed by atoms with Crippen LogP contribution in [-0.4, -0.2) is 29.9 Å². The molecule has 6 heteroatoms. The molecule has 0 saturated heterocycles. The summed E-state index contributed by atoms with van der Waals surface area (Å²) in [5, 5.41) is 0. The highest BCUT2D eigenvalue weighted by Gasteiger charge is 2.33. The highest BCUT2D eigenvalue weighted by atomic mass is 19.4. The minimum atomic E-state index is -4.37. The maximum Gasteiger partial charge on any atom is 0.416 e. The predicted octanol–water partition coefficient (Wildman–Crippen LogP) is 2.51. The molecule has 0 amide bonds. The summed E-state index contributed by atoms with van der Waals surface area (Å²) in [6, 6.07) is 3.95. The molecule has 1 heterocycles. The van der Waals surface area contributed by atoms with Gasteiger partial charge in [-0.2, -0.15) is 13.2 Å². The lowest BCUT2D eigenvalue weighted by molar-refractivity contribution is -0.138. The topological polar surface area (TPSA) is 32.5 Å². The van der Waals surface area contributed by atoms with Crippen LogP contribution in [0, 0.1) is 0 Å². The highest BCUT2D eigenvalue weighted by Crippen LogP contribution is 2.34. The molecule has 0 unspecified atom stereocenters. The zero-order chi connectivity index (χ0) is 14.0. The molecular weight excluding hydrogens is 255 g/mol. The number of halogens is 3. The number of hydrogen-bond donors (Lipinski definition) is 1. The molecule has 0 saturated carbocycles. The molecule has 0 atom stereocenters. The van der Waals surface area contributed by atoms with Gasteiger partial charge in [-0.3, -0.25) is 0 Å². The fraction of sp³-hybridized carbons (Fsp3) is 0.385. The summed E-state index contributed by atoms with van der Waals surface area (Å²) in [4.78, 5) is 3.85. The molecule has 3 nitrogen and oxygen atoms in total. The van der Waals surface area contributed by atoms with Gasteiger partial charge in [-0.05, 0) is 17.7 Å². The van der Waals surface area contributed by atoms with E-state index in [-0.39, 0.29) is 17.8 Å². The summed E-state index contributed by atoms with van der Waals surface area (Å²) in [7, 11) is 1.93. The van der Waals surface area contributed by atoms with Crippen LogP contribution < -0.4 is 5.73 Å². The van der Waals surface area contributed by atoms with Crippen LogP contribution >= 0.6 is 0 Å². The van der Waals surface area contributed by atoms with Crippen molar-refractivity contribution in [1.29, 1.82) is 0 Å². The number of nitrogens with two attached hydrogens (primary N) is 1. The van der Waals surface area contributed by atoms with E-state index in [4.69, 9.17) is 5.73 Å². The van der Waals surface area contributed by atoms with Gasteiger partial charge in [0.05, 0.1) is 5.56 Å². The fourth-order valence-electron chi connectivity index (χ4n) is 1.99. The minimum Gasteiger partial charge on any atom is -0.399 e. The molecule has 0 bridgehead atoms. The average Bonchev–Trinajstić information content (AvgIpc) is 2.33. The maximum absolute atomic E-state index is 12.9. The smallest absolute Gasteiger partial charge is 0.399 e. The normalized spacial score (nSPS) is 16.0. The molecule has 1 aromatic carbocycles. The van der Waals surface area contributed by atoms with Gasteiger partial charge >= 0.3 is 6.18 Å². The Kier molecular flexibility index (Phi) is 3.59. The van der Waals surface area contributed by atoms with E-state index in [1.807, 2.05) is 23.0 Å². The zero-order valence-corrected chi connectivity index (χ0v) is 10.6. The van der Waals surface area contributed by atoms with E-state index < -0.39 is 11.7 Å². The first-order chi connectivity index (χ1) is 8.86. The quantitative estimate of drug-likeness (QED) is 0.839. The van der Waals surface area contributed by atoms with Crippen molar-refractivity contribution in [3.63, 3.8) is 0 Å². The van der Waals surface area contributed by atoms with Gasteiger partial charge in [0.15, 0.2) is 0 Å². The number of benzene rings is 1. The monoisotopic (exact) mass is 271 g/mol. The van der Waals surface area contributed by atoms with Crippen molar-refractivity contribution >= 4 is 5.69 Å². The molecule has 0 fully saturated rings. The second-order valence-corrected chi connectivity index (χ2v) is 4.66. The fourth-order valence-corrected chi connectivity index (χ4v) is 1.99. The molecular formula is C13H16F3N3.